The maximum atomic E-state index is 13.4. The van der Waals surface area contributed by atoms with Crippen LogP contribution in [-0.4, -0.2) is 78.4 Å². The van der Waals surface area contributed by atoms with Gasteiger partial charge in [-0.3, -0.25) is 30.0 Å². The molecule has 256 valence electrons. The summed E-state index contributed by atoms with van der Waals surface area (Å²) in [4.78, 5) is 60.3. The minimum atomic E-state index is -5.08. The van der Waals surface area contributed by atoms with Crippen LogP contribution in [0.5, 0.6) is 0 Å². The van der Waals surface area contributed by atoms with Crippen LogP contribution in [0.3, 0.4) is 0 Å². The number of amidine groups is 1. The van der Waals surface area contributed by atoms with Gasteiger partial charge in [-0.05, 0) is 30.4 Å². The Kier molecular flexibility index (Phi) is 15.9. The Labute approximate surface area is 267 Å². The fourth-order valence-electron chi connectivity index (χ4n) is 3.95. The number of amides is 4. The molecule has 0 saturated heterocycles. The first-order valence-corrected chi connectivity index (χ1v) is 13.9. The number of alkyl halides is 3. The average Bonchev–Trinajstić information content (AvgIpc) is 3.00. The first-order valence-electron chi connectivity index (χ1n) is 13.9. The summed E-state index contributed by atoms with van der Waals surface area (Å²) in [6, 6.07) is 13.4. The largest absolute Gasteiger partial charge is 0.490 e. The molecule has 0 aliphatic rings. The molecular weight excluding hydrogens is 627 g/mol. The maximum Gasteiger partial charge on any atom is 0.490 e. The van der Waals surface area contributed by atoms with Crippen LogP contribution < -0.4 is 38.5 Å². The van der Waals surface area contributed by atoms with Gasteiger partial charge in [0.2, 0.25) is 23.6 Å². The summed E-state index contributed by atoms with van der Waals surface area (Å²) in [7, 11) is 1.41. The van der Waals surface area contributed by atoms with E-state index in [2.05, 4.69) is 21.3 Å². The summed E-state index contributed by atoms with van der Waals surface area (Å²) in [5.41, 5.74) is 18.2. The molecule has 47 heavy (non-hydrogen) atoms. The van der Waals surface area contributed by atoms with Gasteiger partial charge in [-0.1, -0.05) is 54.6 Å². The number of carbonyl (C=O) groups is 5. The number of carboxylic acids is 1. The van der Waals surface area contributed by atoms with E-state index >= 15 is 0 Å². The van der Waals surface area contributed by atoms with Crippen LogP contribution in [0.25, 0.3) is 0 Å². The Morgan fingerprint density at radius 1 is 0.809 bits per heavy atom. The number of aliphatic carboxylic acids is 1. The smallest absolute Gasteiger partial charge is 0.475 e. The van der Waals surface area contributed by atoms with Crippen LogP contribution in [0.1, 0.15) is 29.5 Å². The van der Waals surface area contributed by atoms with Crippen molar-refractivity contribution in [3.05, 3.63) is 71.3 Å². The second kappa shape index (κ2) is 19.0. The van der Waals surface area contributed by atoms with E-state index < -0.39 is 53.8 Å². The number of hydrogen-bond donors (Lipinski definition) is 10. The van der Waals surface area contributed by atoms with E-state index in [1.807, 2.05) is 6.07 Å². The van der Waals surface area contributed by atoms with Crippen molar-refractivity contribution in [1.82, 2.24) is 21.3 Å². The highest BCUT2D eigenvalue weighted by Gasteiger charge is 2.38. The molecule has 0 saturated carbocycles. The van der Waals surface area contributed by atoms with Crippen molar-refractivity contribution in [3.8, 4) is 0 Å². The van der Waals surface area contributed by atoms with Crippen molar-refractivity contribution >= 4 is 41.4 Å². The number of carboxylic acid groups (broad SMARTS) is 1. The van der Waals surface area contributed by atoms with Gasteiger partial charge in [0.15, 0.2) is 5.96 Å². The van der Waals surface area contributed by atoms with Crippen LogP contribution in [0.15, 0.2) is 54.6 Å². The Balaban J connectivity index is 0.00000141. The third-order valence-corrected chi connectivity index (χ3v) is 6.39. The zero-order valence-corrected chi connectivity index (χ0v) is 25.3. The second-order valence-corrected chi connectivity index (χ2v) is 9.98. The number of nitrogens with one attached hydrogen (secondary N) is 6. The zero-order valence-electron chi connectivity index (χ0n) is 25.3. The molecule has 2 aromatic carbocycles. The van der Waals surface area contributed by atoms with Gasteiger partial charge in [-0.2, -0.15) is 13.2 Å². The number of guanidine groups is 1. The number of benzene rings is 2. The van der Waals surface area contributed by atoms with Crippen LogP contribution in [0, 0.1) is 16.7 Å². The third-order valence-electron chi connectivity index (χ3n) is 6.39. The van der Waals surface area contributed by atoms with Gasteiger partial charge in [0, 0.05) is 25.6 Å². The lowest BCUT2D eigenvalue weighted by atomic mass is 9.95. The fraction of sp³-hybridized carbons (Fsp3) is 0.345. The SMILES string of the molecule is CNC(=O)C(Cc1ccc(C(=N)N)cc1)C(=O)NC(Cc1ccccc1)C(=O)N[C@@H](CCCNC(=N)N)C(N)=O.O=C(O)C(F)(F)F. The van der Waals surface area contributed by atoms with E-state index in [0.29, 0.717) is 24.1 Å². The first kappa shape index (κ1) is 39.3. The topological polar surface area (TPSA) is 279 Å². The standard InChI is InChI=1S/C27H37N9O4.C2HF3O2/c1-33-24(38)19(14-17-9-11-18(12-10-17)22(28)29)25(39)36-21(15-16-6-3-2-4-7-16)26(40)35-20(23(30)37)8-5-13-34-27(31)32;3-2(4,5)1(6)7/h2-4,6-7,9-12,19-21H,5,8,13-15H2,1H3,(H3,28,29)(H2,30,37)(H,33,38)(H,35,40)(H,36,39)(H4,31,32,34);(H,6,7)/t19?,20-,21?;/m0./s1. The van der Waals surface area contributed by atoms with Crippen molar-refractivity contribution < 1.29 is 42.3 Å². The molecule has 2 aromatic rings. The highest BCUT2D eigenvalue weighted by molar-refractivity contribution is 6.02. The molecule has 4 amide bonds. The minimum Gasteiger partial charge on any atom is -0.475 e. The number of primary amides is 1. The summed E-state index contributed by atoms with van der Waals surface area (Å²) in [5.74, 6) is -6.85. The Bertz CT molecular complexity index is 1410. The van der Waals surface area contributed by atoms with Gasteiger partial charge in [0.1, 0.15) is 23.8 Å². The van der Waals surface area contributed by atoms with Gasteiger partial charge in [-0.25, -0.2) is 4.79 Å². The molecule has 0 aliphatic heterocycles. The highest BCUT2D eigenvalue weighted by atomic mass is 19.4. The van der Waals surface area contributed by atoms with E-state index in [0.717, 1.165) is 5.56 Å². The van der Waals surface area contributed by atoms with E-state index in [4.69, 9.17) is 37.9 Å². The Morgan fingerprint density at radius 2 is 1.34 bits per heavy atom. The number of rotatable bonds is 15. The lowest BCUT2D eigenvalue weighted by molar-refractivity contribution is -0.192. The van der Waals surface area contributed by atoms with Crippen LogP contribution in [0.2, 0.25) is 0 Å². The van der Waals surface area contributed by atoms with E-state index in [1.54, 1.807) is 48.5 Å². The van der Waals surface area contributed by atoms with Crippen LogP contribution >= 0.6 is 0 Å². The molecule has 0 bridgehead atoms. The molecule has 0 spiro atoms. The van der Waals surface area contributed by atoms with Crippen LogP contribution in [0.4, 0.5) is 13.2 Å². The minimum absolute atomic E-state index is 0.0381. The summed E-state index contributed by atoms with van der Waals surface area (Å²) < 4.78 is 31.7. The van der Waals surface area contributed by atoms with Gasteiger partial charge >= 0.3 is 12.1 Å². The van der Waals surface area contributed by atoms with E-state index in [9.17, 15) is 32.3 Å². The first-order chi connectivity index (χ1) is 22.0. The number of hydrogen-bond acceptors (Lipinski definition) is 7. The molecule has 0 fully saturated rings. The normalized spacial score (nSPS) is 12.5. The summed E-state index contributed by atoms with van der Waals surface area (Å²) in [5, 5.41) is 32.2. The van der Waals surface area contributed by atoms with Crippen molar-refractivity contribution in [2.24, 2.45) is 23.1 Å². The predicted molar refractivity (Wildman–Crippen MR) is 165 cm³/mol. The second-order valence-electron chi connectivity index (χ2n) is 9.98. The zero-order chi connectivity index (χ0) is 35.7. The molecule has 2 rings (SSSR count). The quantitative estimate of drug-likeness (QED) is 0.0506. The van der Waals surface area contributed by atoms with Gasteiger partial charge in [-0.15, -0.1) is 0 Å². The van der Waals surface area contributed by atoms with Crippen LogP contribution in [-0.2, 0) is 36.8 Å². The van der Waals surface area contributed by atoms with E-state index in [1.165, 1.54) is 7.05 Å². The molecule has 0 heterocycles. The van der Waals surface area contributed by atoms with Crippen molar-refractivity contribution in [1.29, 1.82) is 10.8 Å². The molecule has 18 heteroatoms. The Morgan fingerprint density at radius 3 is 1.81 bits per heavy atom. The van der Waals surface area contributed by atoms with Crippen molar-refractivity contribution in [3.63, 3.8) is 0 Å². The molecule has 15 nitrogen and oxygen atoms in total. The summed E-state index contributed by atoms with van der Waals surface area (Å²) in [6.07, 6.45) is -4.37. The molecule has 13 N–H and O–H groups in total. The lowest BCUT2D eigenvalue weighted by Gasteiger charge is -2.24. The number of halogens is 3. The van der Waals surface area contributed by atoms with Crippen molar-refractivity contribution in [2.45, 2.75) is 43.9 Å². The summed E-state index contributed by atoms with van der Waals surface area (Å²) in [6.45, 7) is 0.306. The predicted octanol–water partition coefficient (Wildman–Crippen LogP) is -0.530. The van der Waals surface area contributed by atoms with Gasteiger partial charge in [0.05, 0.1) is 0 Å². The number of carbonyl (C=O) groups excluding carboxylic acids is 4. The number of nitrogens with two attached hydrogens (primary N) is 3. The van der Waals surface area contributed by atoms with Crippen molar-refractivity contribution in [2.75, 3.05) is 13.6 Å². The third kappa shape index (κ3) is 14.8. The fourth-order valence-corrected chi connectivity index (χ4v) is 3.95. The lowest BCUT2D eigenvalue weighted by Crippen LogP contribution is -2.55. The molecule has 0 aliphatic carbocycles. The average molecular weight is 666 g/mol. The van der Waals surface area contributed by atoms with E-state index in [-0.39, 0.29) is 31.1 Å². The molecule has 0 radical (unpaired) electrons. The van der Waals surface area contributed by atoms with Gasteiger partial charge in [0.25, 0.3) is 0 Å². The maximum absolute atomic E-state index is 13.4. The van der Waals surface area contributed by atoms with Gasteiger partial charge < -0.3 is 43.6 Å². The molecular formula is C29H38F3N9O6. The monoisotopic (exact) mass is 665 g/mol. The number of nitrogen functional groups attached to an aromatic ring is 1. The molecule has 0 aromatic heterocycles. The molecule has 2 unspecified atom stereocenters. The molecule has 3 atom stereocenters. The summed E-state index contributed by atoms with van der Waals surface area (Å²) >= 11 is 0. The highest BCUT2D eigenvalue weighted by Crippen LogP contribution is 2.14. The Hall–Kier alpha value is -5.68.